The predicted molar refractivity (Wildman–Crippen MR) is 186 cm³/mol. The number of amides is 2. The van der Waals surface area contributed by atoms with Crippen molar-refractivity contribution in [2.75, 3.05) is 13.2 Å². The van der Waals surface area contributed by atoms with Crippen LogP contribution in [0.4, 0.5) is 4.79 Å². The van der Waals surface area contributed by atoms with E-state index in [2.05, 4.69) is 10.5 Å². The molecule has 0 unspecified atom stereocenters. The van der Waals surface area contributed by atoms with Gasteiger partial charge in [0, 0.05) is 37.2 Å². The fraction of sp³-hybridized carbons (Fsp3) is 0.684. The topological polar surface area (TPSA) is 141 Å². The number of oxime groups is 1. The average Bonchev–Trinajstić information content (AvgIpc) is 3.60. The first-order valence-electron chi connectivity index (χ1n) is 17.7. The van der Waals surface area contributed by atoms with Crippen LogP contribution in [-0.4, -0.2) is 76.4 Å². The Balaban J connectivity index is 1.66. The van der Waals surface area contributed by atoms with Crippen LogP contribution in [0.2, 0.25) is 0 Å². The van der Waals surface area contributed by atoms with Gasteiger partial charge in [0.2, 0.25) is 11.7 Å². The minimum atomic E-state index is -1.03. The van der Waals surface area contributed by atoms with Crippen molar-refractivity contribution < 1.29 is 38.3 Å². The largest absolute Gasteiger partial charge is 0.493 e. The molecule has 2 fully saturated rings. The van der Waals surface area contributed by atoms with Gasteiger partial charge < -0.3 is 24.5 Å². The van der Waals surface area contributed by atoms with Gasteiger partial charge in [-0.05, 0) is 82.6 Å². The van der Waals surface area contributed by atoms with Crippen LogP contribution in [0.15, 0.2) is 17.3 Å². The molecule has 2 aliphatic heterocycles. The summed E-state index contributed by atoms with van der Waals surface area (Å²) in [4.78, 5) is 75.0. The molecule has 1 aromatic carbocycles. The highest BCUT2D eigenvalue weighted by Crippen LogP contribution is 2.42. The quantitative estimate of drug-likeness (QED) is 0.249. The van der Waals surface area contributed by atoms with Gasteiger partial charge in [0.1, 0.15) is 17.4 Å². The normalized spacial score (nSPS) is 21.9. The van der Waals surface area contributed by atoms with Crippen LogP contribution in [-0.2, 0) is 28.8 Å². The van der Waals surface area contributed by atoms with E-state index in [1.54, 1.807) is 27.7 Å². The van der Waals surface area contributed by atoms with Gasteiger partial charge in [-0.25, -0.2) is 4.79 Å². The summed E-state index contributed by atoms with van der Waals surface area (Å²) in [6, 6.07) is 2.02. The van der Waals surface area contributed by atoms with E-state index < -0.39 is 58.2 Å². The van der Waals surface area contributed by atoms with Gasteiger partial charge in [0.25, 0.3) is 0 Å². The summed E-state index contributed by atoms with van der Waals surface area (Å²) in [6.45, 7) is 18.9. The third-order valence-corrected chi connectivity index (χ3v) is 9.48. The van der Waals surface area contributed by atoms with Crippen LogP contribution in [0, 0.1) is 31.1 Å². The lowest BCUT2D eigenvalue weighted by Gasteiger charge is -2.36. The lowest BCUT2D eigenvalue weighted by molar-refractivity contribution is -0.143. The molecule has 4 rings (SSSR count). The summed E-state index contributed by atoms with van der Waals surface area (Å²) in [5, 5.41) is 7.24. The summed E-state index contributed by atoms with van der Waals surface area (Å²) < 4.78 is 11.3. The number of ketones is 3. The Hall–Kier alpha value is -3.76. The van der Waals surface area contributed by atoms with Crippen LogP contribution in [0.25, 0.3) is 0 Å². The Bertz CT molecular complexity index is 1480. The molecule has 1 saturated carbocycles. The van der Waals surface area contributed by atoms with Crippen LogP contribution in [0.3, 0.4) is 0 Å². The zero-order chi connectivity index (χ0) is 36.5. The van der Waals surface area contributed by atoms with E-state index >= 15 is 0 Å². The van der Waals surface area contributed by atoms with Gasteiger partial charge in [0.15, 0.2) is 17.2 Å². The SMILES string of the molecule is CCOc1c(C)cc(C2=NO[C@]3(C2)C[C@@H](C(=O)C[C@@H](CC2CC2)C(=O)C(=O)CC)N(C(=O)[C@@H](NC(=O)OC(C)(C)C)C(C)(C)C)C3)cc1C. The zero-order valence-electron chi connectivity index (χ0n) is 31.0. The second-order valence-corrected chi connectivity index (χ2v) is 16.2. The number of ether oxygens (including phenoxy) is 2. The monoisotopic (exact) mass is 681 g/mol. The molecule has 1 spiro atoms. The summed E-state index contributed by atoms with van der Waals surface area (Å²) in [6.07, 6.45) is 2.13. The number of likely N-dealkylation sites (tertiary alicyclic amines) is 1. The van der Waals surface area contributed by atoms with Crippen molar-refractivity contribution >= 4 is 35.1 Å². The number of nitrogens with zero attached hydrogens (tertiary/aromatic N) is 2. The molecule has 2 heterocycles. The zero-order valence-corrected chi connectivity index (χ0v) is 31.0. The summed E-state index contributed by atoms with van der Waals surface area (Å²) in [7, 11) is 0. The molecule has 1 aliphatic carbocycles. The minimum Gasteiger partial charge on any atom is -0.493 e. The third-order valence-electron chi connectivity index (χ3n) is 9.48. The summed E-state index contributed by atoms with van der Waals surface area (Å²) >= 11 is 0. The maximum Gasteiger partial charge on any atom is 0.408 e. The second kappa shape index (κ2) is 14.6. The van der Waals surface area contributed by atoms with Gasteiger partial charge in [-0.2, -0.15) is 0 Å². The highest BCUT2D eigenvalue weighted by Gasteiger charge is 2.55. The van der Waals surface area contributed by atoms with Gasteiger partial charge in [-0.1, -0.05) is 45.7 Å². The van der Waals surface area contributed by atoms with Crippen molar-refractivity contribution in [1.82, 2.24) is 10.2 Å². The van der Waals surface area contributed by atoms with Crippen LogP contribution in [0.5, 0.6) is 5.75 Å². The summed E-state index contributed by atoms with van der Waals surface area (Å²) in [5.74, 6) is -1.34. The van der Waals surface area contributed by atoms with Crippen molar-refractivity contribution in [3.63, 3.8) is 0 Å². The van der Waals surface area contributed by atoms with Crippen LogP contribution >= 0.6 is 0 Å². The molecular formula is C38H55N3O8. The fourth-order valence-corrected chi connectivity index (χ4v) is 6.89. The van der Waals surface area contributed by atoms with E-state index in [-0.39, 0.29) is 31.6 Å². The molecule has 1 aromatic rings. The number of nitrogens with one attached hydrogen (secondary N) is 1. The van der Waals surface area contributed by atoms with Gasteiger partial charge >= 0.3 is 6.09 Å². The Morgan fingerprint density at radius 1 is 1.04 bits per heavy atom. The molecule has 11 heteroatoms. The first-order valence-corrected chi connectivity index (χ1v) is 17.7. The Morgan fingerprint density at radius 3 is 2.20 bits per heavy atom. The van der Waals surface area contributed by atoms with Gasteiger partial charge in [0.05, 0.1) is 24.9 Å². The smallest absolute Gasteiger partial charge is 0.408 e. The summed E-state index contributed by atoms with van der Waals surface area (Å²) in [5.41, 5.74) is 0.977. The number of alkyl carbamates (subject to hydrolysis) is 1. The number of hydrogen-bond donors (Lipinski definition) is 1. The molecule has 1 saturated heterocycles. The first kappa shape index (κ1) is 38.0. The van der Waals surface area contributed by atoms with E-state index in [0.29, 0.717) is 31.1 Å². The second-order valence-electron chi connectivity index (χ2n) is 16.2. The van der Waals surface area contributed by atoms with Crippen molar-refractivity contribution in [3.8, 4) is 5.75 Å². The first-order chi connectivity index (χ1) is 22.8. The molecule has 11 nitrogen and oxygen atoms in total. The molecule has 1 N–H and O–H groups in total. The Labute approximate surface area is 290 Å². The highest BCUT2D eigenvalue weighted by molar-refractivity contribution is 6.38. The van der Waals surface area contributed by atoms with E-state index in [4.69, 9.17) is 14.3 Å². The van der Waals surface area contributed by atoms with Crippen molar-refractivity contribution in [1.29, 1.82) is 0 Å². The lowest BCUT2D eigenvalue weighted by Crippen LogP contribution is -2.57. The standard InChI is InChI=1S/C38H55N3O8/c1-11-29(42)31(44)26(17-24-13-14-24)18-30(43)28-20-38(19-27(40-49-38)25-15-22(3)32(47-12-2)23(4)16-25)21-41(28)34(45)33(36(5,6)7)39-35(46)48-37(8,9)10/h15-16,24,26,28,33H,11-14,17-21H2,1-10H3,(H,39,46)/t26-,28+,33-,38-/m1/s1. The molecule has 2 amide bonds. The van der Waals surface area contributed by atoms with Crippen LogP contribution in [0.1, 0.15) is 117 Å². The average molecular weight is 682 g/mol. The predicted octanol–water partition coefficient (Wildman–Crippen LogP) is 6.03. The Kier molecular flexibility index (Phi) is 11.3. The molecule has 3 aliphatic rings. The number of aryl methyl sites for hydroxylation is 2. The molecule has 0 aromatic heterocycles. The third kappa shape index (κ3) is 9.28. The number of benzene rings is 1. The van der Waals surface area contributed by atoms with Gasteiger partial charge in [-0.15, -0.1) is 0 Å². The van der Waals surface area contributed by atoms with Crippen molar-refractivity contribution in [2.45, 2.75) is 137 Å². The number of rotatable bonds is 13. The van der Waals surface area contributed by atoms with Crippen LogP contribution < -0.4 is 10.1 Å². The minimum absolute atomic E-state index is 0.0575. The van der Waals surface area contributed by atoms with Crippen molar-refractivity contribution in [3.05, 3.63) is 28.8 Å². The van der Waals surface area contributed by atoms with E-state index in [1.807, 2.05) is 53.7 Å². The maximum absolute atomic E-state index is 14.5. The number of hydrogen-bond acceptors (Lipinski definition) is 9. The number of Topliss-reactive ketones (excluding diaryl/α,β-unsaturated/α-hetero) is 3. The molecule has 49 heavy (non-hydrogen) atoms. The lowest BCUT2D eigenvalue weighted by atomic mass is 9.84. The Morgan fingerprint density at radius 2 is 1.67 bits per heavy atom. The number of carbonyl (C=O) groups is 5. The molecule has 0 radical (unpaired) electrons. The van der Waals surface area contributed by atoms with E-state index in [1.165, 1.54) is 4.90 Å². The molecule has 0 bridgehead atoms. The van der Waals surface area contributed by atoms with Gasteiger partial charge in [-0.3, -0.25) is 19.2 Å². The number of carbonyl (C=O) groups excluding carboxylic acids is 5. The molecule has 4 atom stereocenters. The van der Waals surface area contributed by atoms with Crippen molar-refractivity contribution in [2.24, 2.45) is 22.4 Å². The van der Waals surface area contributed by atoms with E-state index in [9.17, 15) is 24.0 Å². The molecular weight excluding hydrogens is 626 g/mol. The molecule has 270 valence electrons. The van der Waals surface area contributed by atoms with E-state index in [0.717, 1.165) is 35.3 Å². The highest BCUT2D eigenvalue weighted by atomic mass is 16.7. The maximum atomic E-state index is 14.5. The fourth-order valence-electron chi connectivity index (χ4n) is 6.89.